The third-order valence-corrected chi connectivity index (χ3v) is 4.29. The van der Waals surface area contributed by atoms with Crippen LogP contribution in [0.4, 0.5) is 18.9 Å². The lowest BCUT2D eigenvalue weighted by atomic mass is 9.78. The Labute approximate surface area is 137 Å². The molecule has 1 aliphatic rings. The van der Waals surface area contributed by atoms with Crippen molar-refractivity contribution in [2.24, 2.45) is 0 Å². The van der Waals surface area contributed by atoms with E-state index in [4.69, 9.17) is 4.74 Å². The normalized spacial score (nSPS) is 19.0. The molecular formula is C18H16F3NO2. The number of alkyl halides is 3. The molecule has 3 rings (SSSR count). The van der Waals surface area contributed by atoms with Gasteiger partial charge >= 0.3 is 12.1 Å². The number of carbonyl (C=O) groups is 1. The first-order chi connectivity index (χ1) is 11.2. The van der Waals surface area contributed by atoms with Crippen molar-refractivity contribution in [1.82, 2.24) is 0 Å². The molecule has 3 nitrogen and oxygen atoms in total. The van der Waals surface area contributed by atoms with E-state index in [1.807, 2.05) is 24.3 Å². The van der Waals surface area contributed by atoms with Gasteiger partial charge in [-0.1, -0.05) is 24.3 Å². The summed E-state index contributed by atoms with van der Waals surface area (Å²) in [7, 11) is 1.26. The van der Waals surface area contributed by atoms with Crippen molar-refractivity contribution in [3.8, 4) is 11.1 Å². The number of halogens is 3. The molecule has 2 aromatic rings. The number of benzene rings is 2. The Morgan fingerprint density at radius 2 is 1.88 bits per heavy atom. The van der Waals surface area contributed by atoms with E-state index in [2.05, 4.69) is 5.32 Å². The van der Waals surface area contributed by atoms with Crippen LogP contribution in [0.5, 0.6) is 0 Å². The zero-order valence-electron chi connectivity index (χ0n) is 13.2. The van der Waals surface area contributed by atoms with Gasteiger partial charge in [0.2, 0.25) is 0 Å². The quantitative estimate of drug-likeness (QED) is 0.817. The highest BCUT2D eigenvalue weighted by Gasteiger charge is 2.39. The number of carbonyl (C=O) groups excluding carboxylic acids is 1. The summed E-state index contributed by atoms with van der Waals surface area (Å²) < 4.78 is 44.1. The maximum atomic E-state index is 13.1. The van der Waals surface area contributed by atoms with Crippen LogP contribution in [0.3, 0.4) is 0 Å². The molecule has 0 radical (unpaired) electrons. The van der Waals surface area contributed by atoms with Gasteiger partial charge in [-0.25, -0.2) is 0 Å². The maximum absolute atomic E-state index is 13.1. The van der Waals surface area contributed by atoms with Gasteiger partial charge in [0.1, 0.15) is 0 Å². The number of methoxy groups -OCH3 is 1. The Morgan fingerprint density at radius 3 is 2.54 bits per heavy atom. The summed E-state index contributed by atoms with van der Waals surface area (Å²) in [4.78, 5) is 11.8. The second kappa shape index (κ2) is 5.54. The molecule has 24 heavy (non-hydrogen) atoms. The summed E-state index contributed by atoms with van der Waals surface area (Å²) in [5.74, 6) is -0.493. The van der Waals surface area contributed by atoms with E-state index in [9.17, 15) is 18.0 Å². The van der Waals surface area contributed by atoms with Crippen molar-refractivity contribution in [3.63, 3.8) is 0 Å². The van der Waals surface area contributed by atoms with Crippen LogP contribution in [-0.2, 0) is 21.2 Å². The minimum absolute atomic E-state index is 0.0772. The van der Waals surface area contributed by atoms with Gasteiger partial charge in [0, 0.05) is 11.3 Å². The maximum Gasteiger partial charge on any atom is 0.416 e. The van der Waals surface area contributed by atoms with Crippen molar-refractivity contribution < 1.29 is 22.7 Å². The van der Waals surface area contributed by atoms with Gasteiger partial charge in [0.05, 0.1) is 24.6 Å². The molecular weight excluding hydrogens is 319 g/mol. The second-order valence-corrected chi connectivity index (χ2v) is 6.01. The Bertz CT molecular complexity index is 801. The zero-order chi connectivity index (χ0) is 17.5. The van der Waals surface area contributed by atoms with Gasteiger partial charge in [-0.05, 0) is 36.2 Å². The van der Waals surface area contributed by atoms with Gasteiger partial charge in [-0.15, -0.1) is 0 Å². The summed E-state index contributed by atoms with van der Waals surface area (Å²) in [6.45, 7) is 1.71. The Kier molecular flexibility index (Phi) is 3.78. The average molecular weight is 335 g/mol. The van der Waals surface area contributed by atoms with Crippen LogP contribution in [-0.4, -0.2) is 13.1 Å². The van der Waals surface area contributed by atoms with E-state index in [1.54, 1.807) is 6.92 Å². The molecule has 0 fully saturated rings. The van der Waals surface area contributed by atoms with E-state index in [0.29, 0.717) is 11.1 Å². The van der Waals surface area contributed by atoms with Crippen LogP contribution in [0.2, 0.25) is 0 Å². The highest BCUT2D eigenvalue weighted by molar-refractivity contribution is 5.86. The van der Waals surface area contributed by atoms with Crippen LogP contribution in [0.1, 0.15) is 24.5 Å². The summed E-state index contributed by atoms with van der Waals surface area (Å²) in [5, 5.41) is 3.21. The molecule has 0 bridgehead atoms. The van der Waals surface area contributed by atoms with Gasteiger partial charge in [0.15, 0.2) is 0 Å². The molecule has 0 saturated heterocycles. The van der Waals surface area contributed by atoms with E-state index < -0.39 is 23.2 Å². The minimum atomic E-state index is -4.45. The minimum Gasteiger partial charge on any atom is -0.469 e. The van der Waals surface area contributed by atoms with Crippen molar-refractivity contribution in [3.05, 3.63) is 53.6 Å². The molecule has 0 amide bonds. The molecule has 0 aliphatic carbocycles. The van der Waals surface area contributed by atoms with Crippen LogP contribution in [0, 0.1) is 0 Å². The highest BCUT2D eigenvalue weighted by Crippen LogP contribution is 2.46. The SMILES string of the molecule is COC(=O)CC1(C)Nc2ccccc2-c2ccc(C(F)(F)F)cc21. The van der Waals surface area contributed by atoms with E-state index in [0.717, 1.165) is 23.4 Å². The number of anilines is 1. The fourth-order valence-corrected chi connectivity index (χ4v) is 3.10. The van der Waals surface area contributed by atoms with Crippen LogP contribution < -0.4 is 5.32 Å². The van der Waals surface area contributed by atoms with E-state index in [-0.39, 0.29) is 6.42 Å². The number of fused-ring (bicyclic) bond motifs is 3. The first-order valence-corrected chi connectivity index (χ1v) is 7.41. The average Bonchev–Trinajstić information content (AvgIpc) is 2.53. The number of para-hydroxylation sites is 1. The molecule has 1 heterocycles. The van der Waals surface area contributed by atoms with Crippen molar-refractivity contribution in [1.29, 1.82) is 0 Å². The molecule has 6 heteroatoms. The number of nitrogens with one attached hydrogen (secondary N) is 1. The topological polar surface area (TPSA) is 38.3 Å². The van der Waals surface area contributed by atoms with Crippen molar-refractivity contribution in [2.45, 2.75) is 25.1 Å². The predicted octanol–water partition coefficient (Wildman–Crippen LogP) is 4.58. The van der Waals surface area contributed by atoms with Gasteiger partial charge in [-0.2, -0.15) is 13.2 Å². The summed E-state index contributed by atoms with van der Waals surface area (Å²) >= 11 is 0. The molecule has 0 saturated carbocycles. The van der Waals surface area contributed by atoms with Gasteiger partial charge in [0.25, 0.3) is 0 Å². The Morgan fingerprint density at radius 1 is 1.17 bits per heavy atom. The van der Waals surface area contributed by atoms with Gasteiger partial charge < -0.3 is 10.1 Å². The first kappa shape index (κ1) is 16.4. The first-order valence-electron chi connectivity index (χ1n) is 7.41. The highest BCUT2D eigenvalue weighted by atomic mass is 19.4. The molecule has 1 aliphatic heterocycles. The number of rotatable bonds is 2. The predicted molar refractivity (Wildman–Crippen MR) is 84.5 cm³/mol. The lowest BCUT2D eigenvalue weighted by Crippen LogP contribution is -2.38. The summed E-state index contributed by atoms with van der Waals surface area (Å²) in [6, 6.07) is 11.0. The van der Waals surface area contributed by atoms with Crippen molar-refractivity contribution >= 4 is 11.7 Å². The zero-order valence-corrected chi connectivity index (χ0v) is 13.2. The lowest BCUT2D eigenvalue weighted by molar-refractivity contribution is -0.141. The lowest BCUT2D eigenvalue weighted by Gasteiger charge is -2.38. The number of esters is 1. The van der Waals surface area contributed by atoms with Crippen molar-refractivity contribution in [2.75, 3.05) is 12.4 Å². The summed E-state index contributed by atoms with van der Waals surface area (Å²) in [5.41, 5.74) is 0.973. The van der Waals surface area contributed by atoms with E-state index in [1.165, 1.54) is 13.2 Å². The smallest absolute Gasteiger partial charge is 0.416 e. The van der Waals surface area contributed by atoms with E-state index >= 15 is 0 Å². The Balaban J connectivity index is 2.21. The number of hydrogen-bond donors (Lipinski definition) is 1. The monoisotopic (exact) mass is 335 g/mol. The number of ether oxygens (including phenoxy) is 1. The molecule has 126 valence electrons. The molecule has 1 atom stereocenters. The molecule has 1 N–H and O–H groups in total. The number of hydrogen-bond acceptors (Lipinski definition) is 3. The third kappa shape index (κ3) is 2.72. The van der Waals surface area contributed by atoms with Crippen LogP contribution >= 0.6 is 0 Å². The molecule has 1 unspecified atom stereocenters. The Hall–Kier alpha value is -2.50. The fourth-order valence-electron chi connectivity index (χ4n) is 3.10. The fraction of sp³-hybridized carbons (Fsp3) is 0.278. The largest absolute Gasteiger partial charge is 0.469 e. The van der Waals surface area contributed by atoms with Crippen LogP contribution in [0.15, 0.2) is 42.5 Å². The molecule has 0 spiro atoms. The van der Waals surface area contributed by atoms with Gasteiger partial charge in [-0.3, -0.25) is 4.79 Å². The summed E-state index contributed by atoms with van der Waals surface area (Å²) in [6.07, 6.45) is -4.52. The standard InChI is InChI=1S/C18H16F3NO2/c1-17(10-16(23)24-2)14-9-11(18(19,20)21)7-8-12(14)13-5-3-4-6-15(13)22-17/h3-9,22H,10H2,1-2H3. The second-order valence-electron chi connectivity index (χ2n) is 6.01. The molecule has 0 aromatic heterocycles. The van der Waals surface area contributed by atoms with Crippen LogP contribution in [0.25, 0.3) is 11.1 Å². The molecule has 2 aromatic carbocycles. The third-order valence-electron chi connectivity index (χ3n) is 4.29.